The lowest BCUT2D eigenvalue weighted by Gasteiger charge is -2.06. The molecule has 8 heteroatoms. The van der Waals surface area contributed by atoms with Gasteiger partial charge in [-0.15, -0.1) is 0 Å². The van der Waals surface area contributed by atoms with Crippen LogP contribution >= 0.6 is 11.6 Å². The quantitative estimate of drug-likeness (QED) is 0.665. The summed E-state index contributed by atoms with van der Waals surface area (Å²) in [7, 11) is 0. The van der Waals surface area contributed by atoms with Crippen LogP contribution in [0, 0.1) is 10.1 Å². The standard InChI is InChI=1S/C13H11ClN4O3/c14-9-4-2-1-3-8(9)7-12(19)16-11-6-5-10(18(20)21)13(15)17-11/h1-6H,7H2,(H3,15,16,17,19). The number of carbonyl (C=O) groups is 1. The number of nitrogen functional groups attached to an aromatic ring is 1. The molecule has 2 rings (SSSR count). The van der Waals surface area contributed by atoms with Gasteiger partial charge in [0.1, 0.15) is 5.82 Å². The molecule has 0 saturated carbocycles. The third-order valence-electron chi connectivity index (χ3n) is 2.68. The Morgan fingerprint density at radius 1 is 1.33 bits per heavy atom. The maximum atomic E-state index is 11.9. The molecule has 0 unspecified atom stereocenters. The molecule has 7 nitrogen and oxygen atoms in total. The number of anilines is 2. The maximum Gasteiger partial charge on any atom is 0.311 e. The van der Waals surface area contributed by atoms with E-state index in [0.29, 0.717) is 10.6 Å². The SMILES string of the molecule is Nc1nc(NC(=O)Cc2ccccc2Cl)ccc1[N+](=O)[O-]. The van der Waals surface area contributed by atoms with Crippen LogP contribution in [0.3, 0.4) is 0 Å². The number of nitrogens with one attached hydrogen (secondary N) is 1. The van der Waals surface area contributed by atoms with Crippen LogP contribution in [0.25, 0.3) is 0 Å². The number of nitrogens with two attached hydrogens (primary N) is 1. The zero-order valence-electron chi connectivity index (χ0n) is 10.7. The van der Waals surface area contributed by atoms with Gasteiger partial charge in [-0.1, -0.05) is 29.8 Å². The van der Waals surface area contributed by atoms with Crippen molar-refractivity contribution in [3.8, 4) is 0 Å². The molecule has 0 fully saturated rings. The Morgan fingerprint density at radius 3 is 2.67 bits per heavy atom. The lowest BCUT2D eigenvalue weighted by Crippen LogP contribution is -2.16. The fraction of sp³-hybridized carbons (Fsp3) is 0.0769. The van der Waals surface area contributed by atoms with Gasteiger partial charge in [-0.3, -0.25) is 14.9 Å². The van der Waals surface area contributed by atoms with Gasteiger partial charge in [0.2, 0.25) is 11.7 Å². The summed E-state index contributed by atoms with van der Waals surface area (Å²) in [6, 6.07) is 9.47. The Balaban J connectivity index is 2.08. The van der Waals surface area contributed by atoms with Gasteiger partial charge in [0.15, 0.2) is 0 Å². The highest BCUT2D eigenvalue weighted by Crippen LogP contribution is 2.21. The fourth-order valence-corrected chi connectivity index (χ4v) is 1.90. The number of hydrogen-bond donors (Lipinski definition) is 2. The monoisotopic (exact) mass is 306 g/mol. The molecule has 0 radical (unpaired) electrons. The van der Waals surface area contributed by atoms with E-state index in [-0.39, 0.29) is 29.7 Å². The van der Waals surface area contributed by atoms with Crippen LogP contribution < -0.4 is 11.1 Å². The van der Waals surface area contributed by atoms with Gasteiger partial charge in [0, 0.05) is 11.1 Å². The van der Waals surface area contributed by atoms with Crippen molar-refractivity contribution in [3.05, 3.63) is 57.1 Å². The second kappa shape index (κ2) is 6.19. The number of halogens is 1. The average Bonchev–Trinajstić information content (AvgIpc) is 2.41. The van der Waals surface area contributed by atoms with Gasteiger partial charge in [0.05, 0.1) is 11.3 Å². The lowest BCUT2D eigenvalue weighted by atomic mass is 10.1. The van der Waals surface area contributed by atoms with Crippen LogP contribution in [0.2, 0.25) is 5.02 Å². The normalized spacial score (nSPS) is 10.1. The molecule has 0 spiro atoms. The summed E-state index contributed by atoms with van der Waals surface area (Å²) in [6.07, 6.45) is 0.0677. The van der Waals surface area contributed by atoms with Crippen molar-refractivity contribution < 1.29 is 9.72 Å². The van der Waals surface area contributed by atoms with Crippen molar-refractivity contribution in [2.45, 2.75) is 6.42 Å². The first-order chi connectivity index (χ1) is 9.97. The van der Waals surface area contributed by atoms with Crippen LogP contribution in [0.5, 0.6) is 0 Å². The minimum atomic E-state index is -0.641. The van der Waals surface area contributed by atoms with E-state index in [1.807, 2.05) is 0 Å². The molecule has 1 aromatic heterocycles. The number of rotatable bonds is 4. The predicted octanol–water partition coefficient (Wildman–Crippen LogP) is 2.41. The summed E-state index contributed by atoms with van der Waals surface area (Å²) < 4.78 is 0. The molecule has 0 aliphatic heterocycles. The summed E-state index contributed by atoms with van der Waals surface area (Å²) in [4.78, 5) is 25.6. The lowest BCUT2D eigenvalue weighted by molar-refractivity contribution is -0.384. The molecule has 1 amide bonds. The fourth-order valence-electron chi connectivity index (χ4n) is 1.69. The molecule has 0 aliphatic rings. The highest BCUT2D eigenvalue weighted by molar-refractivity contribution is 6.31. The summed E-state index contributed by atoms with van der Waals surface area (Å²) in [5.41, 5.74) is 5.82. The third-order valence-corrected chi connectivity index (χ3v) is 3.04. The number of nitro groups is 1. The summed E-state index contributed by atoms with van der Waals surface area (Å²) in [5, 5.41) is 13.6. The molecule has 0 saturated heterocycles. The second-order valence-electron chi connectivity index (χ2n) is 4.17. The average molecular weight is 307 g/mol. The Morgan fingerprint density at radius 2 is 2.05 bits per heavy atom. The van der Waals surface area contributed by atoms with E-state index < -0.39 is 4.92 Å². The molecule has 108 valence electrons. The van der Waals surface area contributed by atoms with E-state index in [4.69, 9.17) is 17.3 Å². The predicted molar refractivity (Wildman–Crippen MR) is 79.1 cm³/mol. The van der Waals surface area contributed by atoms with Crippen LogP contribution in [0.15, 0.2) is 36.4 Å². The van der Waals surface area contributed by atoms with Crippen LogP contribution in [-0.4, -0.2) is 15.8 Å². The number of nitrogens with zero attached hydrogens (tertiary/aromatic N) is 2. The van der Waals surface area contributed by atoms with Crippen LogP contribution in [0.1, 0.15) is 5.56 Å². The number of aromatic nitrogens is 1. The number of benzene rings is 1. The van der Waals surface area contributed by atoms with Crippen LogP contribution in [0.4, 0.5) is 17.3 Å². The molecule has 3 N–H and O–H groups in total. The first-order valence-corrected chi connectivity index (χ1v) is 6.29. The Hall–Kier alpha value is -2.67. The summed E-state index contributed by atoms with van der Waals surface area (Å²) >= 11 is 5.96. The first-order valence-electron chi connectivity index (χ1n) is 5.91. The Kier molecular flexibility index (Phi) is 4.34. The van der Waals surface area contributed by atoms with E-state index >= 15 is 0 Å². The van der Waals surface area contributed by atoms with E-state index in [0.717, 1.165) is 0 Å². The van der Waals surface area contributed by atoms with Crippen LogP contribution in [-0.2, 0) is 11.2 Å². The van der Waals surface area contributed by atoms with Crippen molar-refractivity contribution in [2.24, 2.45) is 0 Å². The topological polar surface area (TPSA) is 111 Å². The number of carbonyl (C=O) groups excluding carboxylic acids is 1. The molecule has 0 atom stereocenters. The second-order valence-corrected chi connectivity index (χ2v) is 4.58. The highest BCUT2D eigenvalue weighted by atomic mass is 35.5. The van der Waals surface area contributed by atoms with E-state index in [1.54, 1.807) is 24.3 Å². The minimum absolute atomic E-state index is 0.0677. The molecular formula is C13H11ClN4O3. The summed E-state index contributed by atoms with van der Waals surface area (Å²) in [5.74, 6) is -0.449. The Bertz CT molecular complexity index is 706. The highest BCUT2D eigenvalue weighted by Gasteiger charge is 2.14. The van der Waals surface area contributed by atoms with Gasteiger partial charge < -0.3 is 11.1 Å². The molecule has 21 heavy (non-hydrogen) atoms. The third kappa shape index (κ3) is 3.67. The number of pyridine rings is 1. The minimum Gasteiger partial charge on any atom is -0.378 e. The van der Waals surface area contributed by atoms with Gasteiger partial charge in [0.25, 0.3) is 0 Å². The molecule has 0 aliphatic carbocycles. The van der Waals surface area contributed by atoms with Gasteiger partial charge >= 0.3 is 5.69 Å². The summed E-state index contributed by atoms with van der Waals surface area (Å²) in [6.45, 7) is 0. The van der Waals surface area contributed by atoms with Crippen molar-refractivity contribution >= 4 is 34.8 Å². The number of hydrogen-bond acceptors (Lipinski definition) is 5. The molecule has 2 aromatic rings. The molecular weight excluding hydrogens is 296 g/mol. The first kappa shape index (κ1) is 14.7. The van der Waals surface area contributed by atoms with Gasteiger partial charge in [-0.2, -0.15) is 0 Å². The van der Waals surface area contributed by atoms with Crippen molar-refractivity contribution in [1.29, 1.82) is 0 Å². The van der Waals surface area contributed by atoms with Crippen molar-refractivity contribution in [1.82, 2.24) is 4.98 Å². The number of amides is 1. The van der Waals surface area contributed by atoms with Crippen molar-refractivity contribution in [2.75, 3.05) is 11.1 Å². The van der Waals surface area contributed by atoms with Gasteiger partial charge in [-0.05, 0) is 17.7 Å². The van der Waals surface area contributed by atoms with E-state index in [2.05, 4.69) is 10.3 Å². The molecule has 1 heterocycles. The molecule has 1 aromatic carbocycles. The van der Waals surface area contributed by atoms with E-state index in [9.17, 15) is 14.9 Å². The van der Waals surface area contributed by atoms with E-state index in [1.165, 1.54) is 12.1 Å². The zero-order valence-corrected chi connectivity index (χ0v) is 11.5. The van der Waals surface area contributed by atoms with Crippen molar-refractivity contribution in [3.63, 3.8) is 0 Å². The molecule has 0 bridgehead atoms. The maximum absolute atomic E-state index is 11.9. The zero-order chi connectivity index (χ0) is 15.4. The van der Waals surface area contributed by atoms with Gasteiger partial charge in [-0.25, -0.2) is 4.98 Å². The Labute approximate surface area is 124 Å². The largest absolute Gasteiger partial charge is 0.378 e. The smallest absolute Gasteiger partial charge is 0.311 e.